The van der Waals surface area contributed by atoms with Crippen LogP contribution in [0.1, 0.15) is 29.1 Å². The molecule has 5 nitrogen and oxygen atoms in total. The van der Waals surface area contributed by atoms with Crippen LogP contribution in [-0.4, -0.2) is 24.7 Å². The zero-order valence-corrected chi connectivity index (χ0v) is 13.9. The summed E-state index contributed by atoms with van der Waals surface area (Å²) in [5, 5.41) is 8.80. The smallest absolute Gasteiger partial charge is 0.319 e. The fraction of sp³-hybridized carbons (Fsp3) is 0.375. The van der Waals surface area contributed by atoms with Gasteiger partial charge in [-0.05, 0) is 13.0 Å². The molecule has 0 fully saturated rings. The van der Waals surface area contributed by atoms with Gasteiger partial charge in [0.25, 0.3) is 0 Å². The number of aromatic nitrogens is 1. The molecule has 1 aromatic heterocycles. The van der Waals surface area contributed by atoms with Crippen molar-refractivity contribution in [2.24, 2.45) is 0 Å². The van der Waals surface area contributed by atoms with Crippen molar-refractivity contribution in [1.82, 2.24) is 10.3 Å². The molecule has 0 aliphatic heterocycles. The monoisotopic (exact) mass is 319 g/mol. The van der Waals surface area contributed by atoms with Crippen molar-refractivity contribution in [3.8, 4) is 0 Å². The van der Waals surface area contributed by atoms with Gasteiger partial charge in [-0.1, -0.05) is 25.1 Å². The maximum atomic E-state index is 12.0. The molecule has 0 aliphatic carbocycles. The molecule has 0 saturated heterocycles. The number of anilines is 1. The lowest BCUT2D eigenvalue weighted by Gasteiger charge is -2.13. The van der Waals surface area contributed by atoms with Crippen molar-refractivity contribution in [3.63, 3.8) is 0 Å². The van der Waals surface area contributed by atoms with Crippen LogP contribution in [-0.2, 0) is 11.3 Å². The van der Waals surface area contributed by atoms with Crippen molar-refractivity contribution in [2.75, 3.05) is 19.0 Å². The number of methoxy groups -OCH3 is 1. The average molecular weight is 319 g/mol. The summed E-state index contributed by atoms with van der Waals surface area (Å²) in [5.41, 5.74) is 2.73. The topological polar surface area (TPSA) is 63.2 Å². The summed E-state index contributed by atoms with van der Waals surface area (Å²) in [6.07, 6.45) is 0. The quantitative estimate of drug-likeness (QED) is 0.856. The molecule has 0 radical (unpaired) electrons. The van der Waals surface area contributed by atoms with E-state index < -0.39 is 0 Å². The van der Waals surface area contributed by atoms with E-state index in [2.05, 4.69) is 22.5 Å². The Labute approximate surface area is 134 Å². The van der Waals surface area contributed by atoms with Crippen LogP contribution in [0.3, 0.4) is 0 Å². The number of urea groups is 1. The van der Waals surface area contributed by atoms with Crippen LogP contribution < -0.4 is 10.6 Å². The Bertz CT molecular complexity index is 627. The molecule has 2 rings (SSSR count). The number of carbonyl (C=O) groups is 1. The molecule has 118 valence electrons. The molecule has 2 aromatic rings. The third-order valence-electron chi connectivity index (χ3n) is 3.19. The van der Waals surface area contributed by atoms with Gasteiger partial charge < -0.3 is 15.4 Å². The summed E-state index contributed by atoms with van der Waals surface area (Å²) in [7, 11) is 1.63. The van der Waals surface area contributed by atoms with E-state index in [0.717, 1.165) is 22.0 Å². The standard InChI is InChI=1S/C16H21N3O2S/c1-11(15-18-12(2)10-22-15)8-17-16(20)19-14-7-5-4-6-13(14)9-21-3/h4-7,10-11H,8-9H2,1-3H3,(H2,17,19,20)/t11-/m0/s1. The van der Waals surface area contributed by atoms with Crippen LogP contribution >= 0.6 is 11.3 Å². The van der Waals surface area contributed by atoms with Gasteiger partial charge in [-0.2, -0.15) is 0 Å². The Morgan fingerprint density at radius 2 is 2.18 bits per heavy atom. The summed E-state index contributed by atoms with van der Waals surface area (Å²) < 4.78 is 5.13. The first-order valence-corrected chi connectivity index (χ1v) is 8.02. The van der Waals surface area contributed by atoms with Crippen LogP contribution in [0.25, 0.3) is 0 Å². The number of amides is 2. The summed E-state index contributed by atoms with van der Waals surface area (Å²) in [6.45, 7) is 5.04. The number of thiazole rings is 1. The maximum Gasteiger partial charge on any atom is 0.319 e. The lowest BCUT2D eigenvalue weighted by molar-refractivity contribution is 0.185. The molecule has 0 unspecified atom stereocenters. The number of hydrogen-bond donors (Lipinski definition) is 2. The fourth-order valence-corrected chi connectivity index (χ4v) is 2.88. The van der Waals surface area contributed by atoms with Crippen LogP contribution in [0.15, 0.2) is 29.6 Å². The number of carbonyl (C=O) groups excluding carboxylic acids is 1. The Kier molecular flexibility index (Phi) is 5.91. The SMILES string of the molecule is COCc1ccccc1NC(=O)NC[C@H](C)c1nc(C)cs1. The van der Waals surface area contributed by atoms with Crippen molar-refractivity contribution in [2.45, 2.75) is 26.4 Å². The zero-order chi connectivity index (χ0) is 15.9. The molecule has 0 aliphatic rings. The van der Waals surface area contributed by atoms with E-state index in [1.165, 1.54) is 0 Å². The second-order valence-electron chi connectivity index (χ2n) is 5.15. The Hall–Kier alpha value is -1.92. The van der Waals surface area contributed by atoms with Gasteiger partial charge in [0, 0.05) is 41.9 Å². The average Bonchev–Trinajstić information content (AvgIpc) is 2.94. The van der Waals surface area contributed by atoms with E-state index in [1.54, 1.807) is 18.4 Å². The molecule has 6 heteroatoms. The molecule has 0 bridgehead atoms. The molecule has 1 atom stereocenters. The number of benzene rings is 1. The predicted octanol–water partition coefficient (Wildman–Crippen LogP) is 3.52. The van der Waals surface area contributed by atoms with E-state index in [9.17, 15) is 4.79 Å². The van der Waals surface area contributed by atoms with Gasteiger partial charge in [0.15, 0.2) is 0 Å². The fourth-order valence-electron chi connectivity index (χ4n) is 2.02. The normalized spacial score (nSPS) is 12.0. The van der Waals surface area contributed by atoms with Crippen molar-refractivity contribution in [1.29, 1.82) is 0 Å². The van der Waals surface area contributed by atoms with Crippen molar-refractivity contribution < 1.29 is 9.53 Å². The van der Waals surface area contributed by atoms with E-state index in [4.69, 9.17) is 4.74 Å². The van der Waals surface area contributed by atoms with E-state index in [1.807, 2.05) is 36.6 Å². The van der Waals surface area contributed by atoms with Crippen molar-refractivity contribution in [3.05, 3.63) is 45.9 Å². The van der Waals surface area contributed by atoms with E-state index in [-0.39, 0.29) is 11.9 Å². The number of aryl methyl sites for hydroxylation is 1. The molecule has 2 N–H and O–H groups in total. The number of rotatable bonds is 6. The molecular formula is C16H21N3O2S. The molecular weight excluding hydrogens is 298 g/mol. The molecule has 0 saturated carbocycles. The highest BCUT2D eigenvalue weighted by molar-refractivity contribution is 7.09. The van der Waals surface area contributed by atoms with Crippen LogP contribution in [0.2, 0.25) is 0 Å². The number of nitrogens with one attached hydrogen (secondary N) is 2. The molecule has 1 heterocycles. The third kappa shape index (κ3) is 4.54. The Morgan fingerprint density at radius 3 is 2.86 bits per heavy atom. The second-order valence-corrected chi connectivity index (χ2v) is 6.04. The highest BCUT2D eigenvalue weighted by Gasteiger charge is 2.12. The lowest BCUT2D eigenvalue weighted by atomic mass is 10.2. The maximum absolute atomic E-state index is 12.0. The minimum absolute atomic E-state index is 0.193. The lowest BCUT2D eigenvalue weighted by Crippen LogP contribution is -2.32. The summed E-state index contributed by atoms with van der Waals surface area (Å²) >= 11 is 1.62. The minimum Gasteiger partial charge on any atom is -0.380 e. The van der Waals surface area contributed by atoms with Gasteiger partial charge in [-0.3, -0.25) is 0 Å². The van der Waals surface area contributed by atoms with Crippen LogP contribution in [0.4, 0.5) is 10.5 Å². The molecule has 0 spiro atoms. The molecule has 22 heavy (non-hydrogen) atoms. The minimum atomic E-state index is -0.219. The number of ether oxygens (including phenoxy) is 1. The van der Waals surface area contributed by atoms with Gasteiger partial charge in [0.2, 0.25) is 0 Å². The third-order valence-corrected chi connectivity index (χ3v) is 4.39. The van der Waals surface area contributed by atoms with Gasteiger partial charge in [-0.25, -0.2) is 9.78 Å². The second kappa shape index (κ2) is 7.91. The Balaban J connectivity index is 1.88. The highest BCUT2D eigenvalue weighted by atomic mass is 32.1. The van der Waals surface area contributed by atoms with Crippen LogP contribution in [0, 0.1) is 6.92 Å². The van der Waals surface area contributed by atoms with E-state index in [0.29, 0.717) is 13.2 Å². The highest BCUT2D eigenvalue weighted by Crippen LogP contribution is 2.19. The van der Waals surface area contributed by atoms with Crippen molar-refractivity contribution >= 4 is 23.1 Å². The largest absolute Gasteiger partial charge is 0.380 e. The predicted molar refractivity (Wildman–Crippen MR) is 89.4 cm³/mol. The zero-order valence-electron chi connectivity index (χ0n) is 13.1. The Morgan fingerprint density at radius 1 is 1.41 bits per heavy atom. The van der Waals surface area contributed by atoms with E-state index >= 15 is 0 Å². The summed E-state index contributed by atoms with van der Waals surface area (Å²) in [4.78, 5) is 16.5. The van der Waals surface area contributed by atoms with Gasteiger partial charge in [0.1, 0.15) is 0 Å². The first-order valence-electron chi connectivity index (χ1n) is 7.14. The number of hydrogen-bond acceptors (Lipinski definition) is 4. The number of para-hydroxylation sites is 1. The van der Waals surface area contributed by atoms with Gasteiger partial charge >= 0.3 is 6.03 Å². The first-order chi connectivity index (χ1) is 10.6. The van der Waals surface area contributed by atoms with Gasteiger partial charge in [0.05, 0.1) is 11.6 Å². The van der Waals surface area contributed by atoms with Crippen LogP contribution in [0.5, 0.6) is 0 Å². The molecule has 1 aromatic carbocycles. The first kappa shape index (κ1) is 16.5. The number of nitrogens with zero attached hydrogens (tertiary/aromatic N) is 1. The molecule has 2 amide bonds. The summed E-state index contributed by atoms with van der Waals surface area (Å²) in [5.74, 6) is 0.193. The summed E-state index contributed by atoms with van der Waals surface area (Å²) in [6, 6.07) is 7.38. The van der Waals surface area contributed by atoms with Gasteiger partial charge in [-0.15, -0.1) is 11.3 Å².